The van der Waals surface area contributed by atoms with E-state index in [1.165, 1.54) is 0 Å². The summed E-state index contributed by atoms with van der Waals surface area (Å²) in [7, 11) is 0. The Bertz CT molecular complexity index is 413. The molecule has 0 bridgehead atoms. The summed E-state index contributed by atoms with van der Waals surface area (Å²) in [6.45, 7) is 3.71. The van der Waals surface area contributed by atoms with E-state index in [0.717, 1.165) is 17.7 Å². The van der Waals surface area contributed by atoms with E-state index in [-0.39, 0.29) is 12.5 Å². The zero-order valence-corrected chi connectivity index (χ0v) is 10.9. The van der Waals surface area contributed by atoms with Gasteiger partial charge in [-0.15, -0.1) is 0 Å². The van der Waals surface area contributed by atoms with Crippen LogP contribution in [0, 0.1) is 5.41 Å². The third-order valence-electron chi connectivity index (χ3n) is 3.34. The van der Waals surface area contributed by atoms with Crippen molar-refractivity contribution in [2.24, 2.45) is 5.41 Å². The molecule has 1 aliphatic heterocycles. The van der Waals surface area contributed by atoms with Crippen molar-refractivity contribution >= 4 is 33.8 Å². The van der Waals surface area contributed by atoms with Crippen molar-refractivity contribution < 1.29 is 14.4 Å². The lowest BCUT2D eigenvalue weighted by Gasteiger charge is -2.36. The number of nitrogens with one attached hydrogen (secondary N) is 1. The van der Waals surface area contributed by atoms with Crippen LogP contribution in [0.2, 0.25) is 0 Å². The zero-order valence-electron chi connectivity index (χ0n) is 9.29. The molecule has 6 heteroatoms. The van der Waals surface area contributed by atoms with Gasteiger partial charge in [0.25, 0.3) is 0 Å². The van der Waals surface area contributed by atoms with Gasteiger partial charge in [0.2, 0.25) is 11.8 Å². The molecule has 4 amide bonds. The maximum Gasteiger partial charge on any atom is 0.331 e. The number of nitrogens with zero attached hydrogens (tertiary/aromatic N) is 1. The molecule has 0 radical (unpaired) electrons. The number of barbiturate groups is 1. The van der Waals surface area contributed by atoms with Crippen LogP contribution in [0.1, 0.15) is 25.7 Å². The first-order valence-corrected chi connectivity index (χ1v) is 6.27. The summed E-state index contributed by atoms with van der Waals surface area (Å²) >= 11 is 3.12. The molecule has 17 heavy (non-hydrogen) atoms. The predicted molar refractivity (Wildman–Crippen MR) is 64.2 cm³/mol. The molecule has 1 heterocycles. The number of hydrogen-bond donors (Lipinski definition) is 1. The highest BCUT2D eigenvalue weighted by atomic mass is 79.9. The summed E-state index contributed by atoms with van der Waals surface area (Å²) in [4.78, 5) is 36.8. The molecule has 1 spiro atoms. The molecule has 2 rings (SSSR count). The van der Waals surface area contributed by atoms with Gasteiger partial charge in [-0.2, -0.15) is 0 Å². The van der Waals surface area contributed by atoms with Crippen molar-refractivity contribution in [3.8, 4) is 0 Å². The average Bonchev–Trinajstić information content (AvgIpc) is 2.72. The van der Waals surface area contributed by atoms with E-state index in [1.54, 1.807) is 0 Å². The summed E-state index contributed by atoms with van der Waals surface area (Å²) in [6, 6.07) is -0.655. The molecular formula is C11H13BrN2O3. The summed E-state index contributed by atoms with van der Waals surface area (Å²) in [6.07, 6.45) is 2.74. The van der Waals surface area contributed by atoms with Gasteiger partial charge in [-0.1, -0.05) is 35.4 Å². The highest BCUT2D eigenvalue weighted by Gasteiger charge is 2.54. The van der Waals surface area contributed by atoms with Gasteiger partial charge in [0.05, 0.1) is 6.54 Å². The van der Waals surface area contributed by atoms with Crippen LogP contribution in [-0.2, 0) is 9.59 Å². The van der Waals surface area contributed by atoms with Crippen molar-refractivity contribution in [3.05, 3.63) is 11.1 Å². The topological polar surface area (TPSA) is 66.5 Å². The van der Waals surface area contributed by atoms with E-state index in [4.69, 9.17) is 0 Å². The van der Waals surface area contributed by atoms with Gasteiger partial charge in [0.15, 0.2) is 0 Å². The molecule has 0 unspecified atom stereocenters. The molecule has 2 fully saturated rings. The smallest absolute Gasteiger partial charge is 0.277 e. The molecule has 0 atom stereocenters. The van der Waals surface area contributed by atoms with Crippen molar-refractivity contribution in [2.45, 2.75) is 25.7 Å². The standard InChI is InChI=1S/C11H13BrN2O3/c1-7(12)6-14-9(16)11(4-2-3-5-11)8(15)13-10(14)17/h1-6H2,(H,13,15,17). The molecule has 0 aromatic rings. The van der Waals surface area contributed by atoms with Crippen molar-refractivity contribution in [1.82, 2.24) is 10.2 Å². The minimum Gasteiger partial charge on any atom is -0.277 e. The van der Waals surface area contributed by atoms with Crippen LogP contribution in [0.3, 0.4) is 0 Å². The molecule has 1 N–H and O–H groups in total. The molecule has 1 saturated carbocycles. The molecule has 0 aromatic carbocycles. The SMILES string of the molecule is C=C(Br)CN1C(=O)NC(=O)C2(CCCC2)C1=O. The first-order chi connectivity index (χ1) is 7.97. The molecular weight excluding hydrogens is 288 g/mol. The fraction of sp³-hybridized carbons (Fsp3) is 0.545. The number of hydrogen-bond acceptors (Lipinski definition) is 3. The number of imide groups is 2. The van der Waals surface area contributed by atoms with Gasteiger partial charge in [0.1, 0.15) is 5.41 Å². The Labute approximate surface area is 107 Å². The third-order valence-corrected chi connectivity index (χ3v) is 3.59. The van der Waals surface area contributed by atoms with Crippen LogP contribution >= 0.6 is 15.9 Å². The van der Waals surface area contributed by atoms with E-state index in [9.17, 15) is 14.4 Å². The van der Waals surface area contributed by atoms with Crippen LogP contribution in [0.15, 0.2) is 11.1 Å². The predicted octanol–water partition coefficient (Wildman–Crippen LogP) is 1.53. The molecule has 1 saturated heterocycles. The lowest BCUT2D eigenvalue weighted by molar-refractivity contribution is -0.150. The minimum atomic E-state index is -1.02. The summed E-state index contributed by atoms with van der Waals surface area (Å²) in [5.41, 5.74) is -1.02. The fourth-order valence-electron chi connectivity index (χ4n) is 2.47. The van der Waals surface area contributed by atoms with Gasteiger partial charge < -0.3 is 0 Å². The second kappa shape index (κ2) is 4.25. The van der Waals surface area contributed by atoms with E-state index in [2.05, 4.69) is 27.8 Å². The Morgan fingerprint density at radius 1 is 1.35 bits per heavy atom. The summed E-state index contributed by atoms with van der Waals surface area (Å²) in [5, 5.41) is 2.26. The number of carbonyl (C=O) groups is 3. The van der Waals surface area contributed by atoms with Crippen LogP contribution in [0.5, 0.6) is 0 Å². The van der Waals surface area contributed by atoms with Crippen molar-refractivity contribution in [1.29, 1.82) is 0 Å². The molecule has 5 nitrogen and oxygen atoms in total. The quantitative estimate of drug-likeness (QED) is 0.787. The Morgan fingerprint density at radius 3 is 2.47 bits per heavy atom. The Balaban J connectivity index is 2.30. The molecule has 0 aromatic heterocycles. The van der Waals surface area contributed by atoms with Crippen molar-refractivity contribution in [3.63, 3.8) is 0 Å². The van der Waals surface area contributed by atoms with Gasteiger partial charge in [-0.25, -0.2) is 4.79 Å². The number of halogens is 1. The largest absolute Gasteiger partial charge is 0.331 e. The monoisotopic (exact) mass is 300 g/mol. The molecule has 1 aliphatic carbocycles. The lowest BCUT2D eigenvalue weighted by Crippen LogP contribution is -2.63. The van der Waals surface area contributed by atoms with E-state index in [1.807, 2.05) is 0 Å². The number of urea groups is 1. The van der Waals surface area contributed by atoms with Crippen molar-refractivity contribution in [2.75, 3.05) is 6.54 Å². The Hall–Kier alpha value is -1.17. The summed E-state index contributed by atoms with van der Waals surface area (Å²) in [5.74, 6) is -0.828. The summed E-state index contributed by atoms with van der Waals surface area (Å²) < 4.78 is 0.531. The maximum absolute atomic E-state index is 12.3. The van der Waals surface area contributed by atoms with Crippen LogP contribution < -0.4 is 5.32 Å². The first kappa shape index (κ1) is 12.3. The normalized spacial score (nSPS) is 23.1. The second-order valence-corrected chi connectivity index (χ2v) is 5.58. The van der Waals surface area contributed by atoms with Gasteiger partial charge in [0, 0.05) is 4.48 Å². The molecule has 2 aliphatic rings. The average molecular weight is 301 g/mol. The van der Waals surface area contributed by atoms with Crippen LogP contribution in [0.25, 0.3) is 0 Å². The maximum atomic E-state index is 12.3. The molecule has 92 valence electrons. The van der Waals surface area contributed by atoms with E-state index in [0.29, 0.717) is 17.3 Å². The van der Waals surface area contributed by atoms with Gasteiger partial charge in [-0.05, 0) is 12.8 Å². The Morgan fingerprint density at radius 2 is 1.94 bits per heavy atom. The van der Waals surface area contributed by atoms with Gasteiger partial charge in [-0.3, -0.25) is 19.8 Å². The Kier molecular flexibility index (Phi) is 3.07. The van der Waals surface area contributed by atoms with Crippen LogP contribution in [-0.4, -0.2) is 29.3 Å². The number of carbonyl (C=O) groups excluding carboxylic acids is 3. The van der Waals surface area contributed by atoms with Crippen LogP contribution in [0.4, 0.5) is 4.79 Å². The number of rotatable bonds is 2. The van der Waals surface area contributed by atoms with E-state index >= 15 is 0 Å². The van der Waals surface area contributed by atoms with E-state index < -0.39 is 17.4 Å². The fourth-order valence-corrected chi connectivity index (χ4v) is 2.72. The third kappa shape index (κ3) is 1.90. The van der Waals surface area contributed by atoms with Gasteiger partial charge >= 0.3 is 6.03 Å². The lowest BCUT2D eigenvalue weighted by atomic mass is 9.82. The highest BCUT2D eigenvalue weighted by Crippen LogP contribution is 2.41. The first-order valence-electron chi connectivity index (χ1n) is 5.48. The second-order valence-electron chi connectivity index (χ2n) is 4.46. The number of amides is 4. The zero-order chi connectivity index (χ0) is 12.6. The highest BCUT2D eigenvalue weighted by molar-refractivity contribution is 9.11. The minimum absolute atomic E-state index is 0.0969.